The molecule has 2 heterocycles. The smallest absolute Gasteiger partial charge is 0.128 e. The van der Waals surface area contributed by atoms with Crippen LogP contribution in [0.2, 0.25) is 0 Å². The first-order valence-corrected chi connectivity index (χ1v) is 6.33. The molecule has 2 aromatic rings. The SMILES string of the molecule is CC(c1cc(F)ccc1F)N1CC(n2cccn2)C1. The maximum atomic E-state index is 13.7. The van der Waals surface area contributed by atoms with Crippen molar-refractivity contribution >= 4 is 0 Å². The van der Waals surface area contributed by atoms with Gasteiger partial charge in [-0.2, -0.15) is 5.10 Å². The molecule has 100 valence electrons. The van der Waals surface area contributed by atoms with Crippen LogP contribution < -0.4 is 0 Å². The summed E-state index contributed by atoms with van der Waals surface area (Å²) in [6.45, 7) is 3.51. The summed E-state index contributed by atoms with van der Waals surface area (Å²) in [5, 5.41) is 4.19. The number of aromatic nitrogens is 2. The third-order valence-electron chi connectivity index (χ3n) is 3.75. The molecule has 1 fully saturated rings. The van der Waals surface area contributed by atoms with Gasteiger partial charge in [0.15, 0.2) is 0 Å². The fraction of sp³-hybridized carbons (Fsp3) is 0.357. The Labute approximate surface area is 110 Å². The maximum absolute atomic E-state index is 13.7. The number of hydrogen-bond donors (Lipinski definition) is 0. The molecule has 1 atom stereocenters. The number of hydrogen-bond acceptors (Lipinski definition) is 2. The highest BCUT2D eigenvalue weighted by molar-refractivity contribution is 5.22. The standard InChI is InChI=1S/C14H15F2N3/c1-10(13-7-11(15)3-4-14(13)16)18-8-12(9-18)19-6-2-5-17-19/h2-7,10,12H,8-9H2,1H3. The molecule has 1 aliphatic rings. The zero-order valence-corrected chi connectivity index (χ0v) is 10.6. The summed E-state index contributed by atoms with van der Waals surface area (Å²) >= 11 is 0. The van der Waals surface area contributed by atoms with Crippen LogP contribution in [0.25, 0.3) is 0 Å². The van der Waals surface area contributed by atoms with Crippen molar-refractivity contribution in [3.8, 4) is 0 Å². The van der Waals surface area contributed by atoms with Crippen molar-refractivity contribution in [1.82, 2.24) is 14.7 Å². The van der Waals surface area contributed by atoms with Gasteiger partial charge in [0, 0.05) is 37.1 Å². The molecule has 1 saturated heterocycles. The minimum absolute atomic E-state index is 0.123. The van der Waals surface area contributed by atoms with Gasteiger partial charge in [-0.05, 0) is 31.2 Å². The fourth-order valence-corrected chi connectivity index (χ4v) is 2.50. The van der Waals surface area contributed by atoms with Crippen LogP contribution >= 0.6 is 0 Å². The Balaban J connectivity index is 1.69. The zero-order chi connectivity index (χ0) is 13.4. The molecule has 5 heteroatoms. The van der Waals surface area contributed by atoms with Gasteiger partial charge < -0.3 is 0 Å². The topological polar surface area (TPSA) is 21.1 Å². The Morgan fingerprint density at radius 1 is 1.32 bits per heavy atom. The summed E-state index contributed by atoms with van der Waals surface area (Å²) in [7, 11) is 0. The van der Waals surface area contributed by atoms with Crippen molar-refractivity contribution < 1.29 is 8.78 Å². The van der Waals surface area contributed by atoms with Gasteiger partial charge in [0.2, 0.25) is 0 Å². The number of rotatable bonds is 3. The number of halogens is 2. The minimum atomic E-state index is -0.396. The first kappa shape index (κ1) is 12.3. The molecule has 1 unspecified atom stereocenters. The van der Waals surface area contributed by atoms with Gasteiger partial charge in [-0.15, -0.1) is 0 Å². The lowest BCUT2D eigenvalue weighted by atomic mass is 10.00. The van der Waals surface area contributed by atoms with Crippen molar-refractivity contribution in [1.29, 1.82) is 0 Å². The molecule has 0 aliphatic carbocycles. The molecular weight excluding hydrogens is 248 g/mol. The summed E-state index contributed by atoms with van der Waals surface area (Å²) < 4.78 is 28.8. The van der Waals surface area contributed by atoms with Gasteiger partial charge in [-0.1, -0.05) is 0 Å². The molecule has 1 aromatic heterocycles. The van der Waals surface area contributed by atoms with E-state index >= 15 is 0 Å². The van der Waals surface area contributed by atoms with Crippen molar-refractivity contribution in [2.45, 2.75) is 19.0 Å². The van der Waals surface area contributed by atoms with Crippen molar-refractivity contribution in [3.05, 3.63) is 53.9 Å². The summed E-state index contributed by atoms with van der Waals surface area (Å²) in [4.78, 5) is 2.12. The van der Waals surface area contributed by atoms with Crippen LogP contribution in [0, 0.1) is 11.6 Å². The second-order valence-corrected chi connectivity index (χ2v) is 4.94. The minimum Gasteiger partial charge on any atom is -0.292 e. The zero-order valence-electron chi connectivity index (χ0n) is 10.6. The van der Waals surface area contributed by atoms with E-state index in [9.17, 15) is 8.78 Å². The molecule has 0 saturated carbocycles. The number of likely N-dealkylation sites (tertiary alicyclic amines) is 1. The van der Waals surface area contributed by atoms with Crippen LogP contribution in [0.4, 0.5) is 8.78 Å². The van der Waals surface area contributed by atoms with E-state index in [1.807, 2.05) is 23.9 Å². The second kappa shape index (κ2) is 4.74. The summed E-state index contributed by atoms with van der Waals surface area (Å²) in [6, 6.07) is 5.70. The van der Waals surface area contributed by atoms with Gasteiger partial charge >= 0.3 is 0 Å². The van der Waals surface area contributed by atoms with E-state index < -0.39 is 5.82 Å². The molecule has 0 spiro atoms. The fourth-order valence-electron chi connectivity index (χ4n) is 2.50. The Bertz CT molecular complexity index is 562. The van der Waals surface area contributed by atoms with E-state index in [2.05, 4.69) is 10.00 Å². The summed E-state index contributed by atoms with van der Waals surface area (Å²) in [6.07, 6.45) is 3.67. The Morgan fingerprint density at radius 2 is 2.11 bits per heavy atom. The monoisotopic (exact) mass is 263 g/mol. The molecule has 0 radical (unpaired) electrons. The van der Waals surface area contributed by atoms with Crippen molar-refractivity contribution in [2.75, 3.05) is 13.1 Å². The maximum Gasteiger partial charge on any atom is 0.128 e. The first-order chi connectivity index (χ1) is 9.15. The Hall–Kier alpha value is -1.75. The van der Waals surface area contributed by atoms with Gasteiger partial charge in [0.05, 0.1) is 6.04 Å². The highest BCUT2D eigenvalue weighted by Crippen LogP contribution is 2.31. The summed E-state index contributed by atoms with van der Waals surface area (Å²) in [5.41, 5.74) is 0.416. The van der Waals surface area contributed by atoms with E-state index in [0.717, 1.165) is 19.2 Å². The predicted molar refractivity (Wildman–Crippen MR) is 67.6 cm³/mol. The molecule has 0 N–H and O–H groups in total. The van der Waals surface area contributed by atoms with Gasteiger partial charge in [0.1, 0.15) is 11.6 Å². The highest BCUT2D eigenvalue weighted by atomic mass is 19.1. The van der Waals surface area contributed by atoms with Crippen molar-refractivity contribution in [3.63, 3.8) is 0 Å². The molecule has 1 aliphatic heterocycles. The van der Waals surface area contributed by atoms with E-state index in [1.54, 1.807) is 6.20 Å². The van der Waals surface area contributed by atoms with Gasteiger partial charge in [-0.3, -0.25) is 9.58 Å². The van der Waals surface area contributed by atoms with Gasteiger partial charge in [-0.25, -0.2) is 8.78 Å². The Morgan fingerprint density at radius 3 is 2.79 bits per heavy atom. The lowest BCUT2D eigenvalue weighted by Crippen LogP contribution is -2.48. The third kappa shape index (κ3) is 2.26. The molecule has 3 nitrogen and oxygen atoms in total. The van der Waals surface area contributed by atoms with Crippen LogP contribution in [0.3, 0.4) is 0 Å². The molecule has 3 rings (SSSR count). The first-order valence-electron chi connectivity index (χ1n) is 6.33. The Kier molecular flexibility index (Phi) is 3.06. The molecule has 0 amide bonds. The molecule has 19 heavy (non-hydrogen) atoms. The molecule has 0 bridgehead atoms. The predicted octanol–water partition coefficient (Wildman–Crippen LogP) is 2.78. The van der Waals surface area contributed by atoms with E-state index in [0.29, 0.717) is 11.6 Å². The number of nitrogens with zero attached hydrogens (tertiary/aromatic N) is 3. The van der Waals surface area contributed by atoms with Crippen LogP contribution in [0.15, 0.2) is 36.7 Å². The number of benzene rings is 1. The lowest BCUT2D eigenvalue weighted by molar-refractivity contribution is 0.0581. The molecule has 1 aromatic carbocycles. The van der Waals surface area contributed by atoms with E-state index in [1.165, 1.54) is 12.1 Å². The van der Waals surface area contributed by atoms with Crippen LogP contribution in [0.5, 0.6) is 0 Å². The second-order valence-electron chi connectivity index (χ2n) is 4.94. The normalized spacial score (nSPS) is 18.3. The van der Waals surface area contributed by atoms with E-state index in [4.69, 9.17) is 0 Å². The average molecular weight is 263 g/mol. The lowest BCUT2D eigenvalue weighted by Gasteiger charge is -2.43. The third-order valence-corrected chi connectivity index (χ3v) is 3.75. The quantitative estimate of drug-likeness (QED) is 0.849. The van der Waals surface area contributed by atoms with Crippen molar-refractivity contribution in [2.24, 2.45) is 0 Å². The average Bonchev–Trinajstić information content (AvgIpc) is 2.84. The van der Waals surface area contributed by atoms with Gasteiger partial charge in [0.25, 0.3) is 0 Å². The molecular formula is C14H15F2N3. The van der Waals surface area contributed by atoms with E-state index in [-0.39, 0.29) is 11.9 Å². The summed E-state index contributed by atoms with van der Waals surface area (Å²) in [5.74, 6) is -0.746. The van der Waals surface area contributed by atoms with Crippen LogP contribution in [0.1, 0.15) is 24.6 Å². The largest absolute Gasteiger partial charge is 0.292 e. The van der Waals surface area contributed by atoms with Crippen LogP contribution in [-0.2, 0) is 0 Å². The highest BCUT2D eigenvalue weighted by Gasteiger charge is 2.33. The van der Waals surface area contributed by atoms with Crippen LogP contribution in [-0.4, -0.2) is 27.8 Å².